The summed E-state index contributed by atoms with van der Waals surface area (Å²) in [7, 11) is -5.08. The van der Waals surface area contributed by atoms with Crippen LogP contribution < -0.4 is 0 Å². The van der Waals surface area contributed by atoms with Crippen LogP contribution in [0.3, 0.4) is 0 Å². The van der Waals surface area contributed by atoms with E-state index < -0.39 is 63.6 Å². The van der Waals surface area contributed by atoms with Crippen molar-refractivity contribution < 1.29 is 46.1 Å². The van der Waals surface area contributed by atoms with Gasteiger partial charge in [-0.2, -0.15) is 8.78 Å². The van der Waals surface area contributed by atoms with Crippen molar-refractivity contribution in [1.29, 1.82) is 0 Å². The van der Waals surface area contributed by atoms with Gasteiger partial charge in [0.1, 0.15) is 18.3 Å². The van der Waals surface area contributed by atoms with Gasteiger partial charge in [0.25, 0.3) is 0 Å². The molecule has 0 aliphatic carbocycles. The van der Waals surface area contributed by atoms with Gasteiger partial charge in [0, 0.05) is 0 Å². The number of hydrogen-bond acceptors (Lipinski definition) is 8. The van der Waals surface area contributed by atoms with Crippen molar-refractivity contribution >= 4 is 7.60 Å². The van der Waals surface area contributed by atoms with Crippen LogP contribution in [0.2, 0.25) is 0 Å². The third-order valence-electron chi connectivity index (χ3n) is 8.28. The van der Waals surface area contributed by atoms with Crippen LogP contribution in [0.25, 0.3) is 0 Å². The maximum Gasteiger partial charge on any atom is 0.400 e. The Kier molecular flexibility index (Phi) is 15.0. The lowest BCUT2D eigenvalue weighted by Gasteiger charge is -2.46. The normalized spacial score (nSPS) is 20.7. The lowest BCUT2D eigenvalue weighted by Crippen LogP contribution is -2.61. The van der Waals surface area contributed by atoms with E-state index in [1.54, 1.807) is 0 Å². The minimum atomic E-state index is -5.08. The maximum atomic E-state index is 16.4. The van der Waals surface area contributed by atoms with E-state index in [0.717, 1.165) is 22.3 Å². The summed E-state index contributed by atoms with van der Waals surface area (Å²) in [6.07, 6.45) is -4.39. The molecule has 0 spiro atoms. The predicted molar refractivity (Wildman–Crippen MR) is 194 cm³/mol. The molecular weight excluding hydrogens is 689 g/mol. The number of halogens is 2. The Bertz CT molecular complexity index is 1660. The van der Waals surface area contributed by atoms with Crippen molar-refractivity contribution in [3.8, 4) is 0 Å². The van der Waals surface area contributed by atoms with Crippen LogP contribution in [0.15, 0.2) is 147 Å². The Balaban J connectivity index is 1.54. The Morgan fingerprint density at radius 1 is 0.577 bits per heavy atom. The van der Waals surface area contributed by atoms with Crippen LogP contribution in [0.4, 0.5) is 8.78 Å². The molecule has 0 N–H and O–H groups in total. The second-order valence-electron chi connectivity index (χ2n) is 12.2. The second kappa shape index (κ2) is 19.9. The van der Waals surface area contributed by atoms with E-state index in [2.05, 4.69) is 13.2 Å². The van der Waals surface area contributed by atoms with Gasteiger partial charge < -0.3 is 32.7 Å². The Hall–Kier alpha value is -3.83. The van der Waals surface area contributed by atoms with Crippen molar-refractivity contribution in [2.24, 2.45) is 0 Å². The summed E-state index contributed by atoms with van der Waals surface area (Å²) in [4.78, 5) is 0. The molecule has 52 heavy (non-hydrogen) atoms. The number of rotatable bonds is 21. The molecule has 4 aromatic rings. The molecule has 1 fully saturated rings. The Labute approximate surface area is 304 Å². The third-order valence-corrected chi connectivity index (χ3v) is 10.2. The van der Waals surface area contributed by atoms with Crippen LogP contribution in [0.5, 0.6) is 0 Å². The van der Waals surface area contributed by atoms with E-state index in [4.69, 9.17) is 32.7 Å². The molecule has 0 saturated carbocycles. The molecule has 11 heteroatoms. The summed E-state index contributed by atoms with van der Waals surface area (Å²) in [6, 6.07) is 37.7. The molecule has 5 atom stereocenters. The molecule has 276 valence electrons. The molecule has 1 saturated heterocycles. The molecular formula is C41H45F2O8P. The molecule has 0 unspecified atom stereocenters. The van der Waals surface area contributed by atoms with E-state index in [-0.39, 0.29) is 26.4 Å². The summed E-state index contributed by atoms with van der Waals surface area (Å²) >= 11 is 0. The van der Waals surface area contributed by atoms with E-state index >= 15 is 8.78 Å². The van der Waals surface area contributed by atoms with E-state index in [1.165, 1.54) is 12.2 Å². The number of ether oxygens (including phenoxy) is 5. The highest BCUT2D eigenvalue weighted by Crippen LogP contribution is 2.64. The zero-order chi connectivity index (χ0) is 36.7. The Morgan fingerprint density at radius 3 is 1.35 bits per heavy atom. The summed E-state index contributed by atoms with van der Waals surface area (Å²) < 4.78 is 89.3. The van der Waals surface area contributed by atoms with E-state index in [9.17, 15) is 4.57 Å². The quantitative estimate of drug-likeness (QED) is 0.0619. The fourth-order valence-corrected chi connectivity index (χ4v) is 7.14. The van der Waals surface area contributed by atoms with E-state index in [1.807, 2.05) is 121 Å². The molecule has 8 nitrogen and oxygen atoms in total. The molecule has 1 heterocycles. The van der Waals surface area contributed by atoms with Crippen LogP contribution in [-0.2, 0) is 63.7 Å². The van der Waals surface area contributed by atoms with Crippen molar-refractivity contribution in [3.05, 3.63) is 169 Å². The largest absolute Gasteiger partial charge is 0.400 e. The van der Waals surface area contributed by atoms with Gasteiger partial charge in [-0.3, -0.25) is 4.57 Å². The maximum absolute atomic E-state index is 16.4. The van der Waals surface area contributed by atoms with Crippen LogP contribution in [0, 0.1) is 0 Å². The van der Waals surface area contributed by atoms with Gasteiger partial charge >= 0.3 is 13.3 Å². The highest BCUT2D eigenvalue weighted by Gasteiger charge is 2.59. The van der Waals surface area contributed by atoms with Crippen molar-refractivity contribution in [3.63, 3.8) is 0 Å². The lowest BCUT2D eigenvalue weighted by atomic mass is 9.95. The molecule has 0 bridgehead atoms. The topological polar surface area (TPSA) is 81.7 Å². The standard InChI is InChI=1S/C41H45F2O8P/c1-3-25-49-52(44,50-26-4-2)41(42,43)27-36-37(45-28-32-17-9-5-10-18-32)38(46-29-33-19-11-6-12-20-33)39(47-30-34-21-13-7-14-22-34)40(51-36)48-31-35-23-15-8-16-24-35/h3-24,36-40H,1-2,25-31H2/t36-,37-,38+,39-,40-/m1/s1. The summed E-state index contributed by atoms with van der Waals surface area (Å²) in [5.41, 5.74) is -0.681. The summed E-state index contributed by atoms with van der Waals surface area (Å²) in [5, 5.41) is 0. The molecule has 0 amide bonds. The van der Waals surface area contributed by atoms with Gasteiger partial charge in [0.05, 0.1) is 52.2 Å². The fraction of sp³-hybridized carbons (Fsp3) is 0.317. The molecule has 5 rings (SSSR count). The second-order valence-corrected chi connectivity index (χ2v) is 14.3. The number of benzene rings is 4. The van der Waals surface area contributed by atoms with Crippen molar-refractivity contribution in [1.82, 2.24) is 0 Å². The zero-order valence-corrected chi connectivity index (χ0v) is 29.8. The van der Waals surface area contributed by atoms with Crippen LogP contribution in [0.1, 0.15) is 28.7 Å². The lowest BCUT2D eigenvalue weighted by molar-refractivity contribution is -0.330. The zero-order valence-electron chi connectivity index (χ0n) is 28.9. The van der Waals surface area contributed by atoms with Gasteiger partial charge in [0.2, 0.25) is 0 Å². The highest BCUT2D eigenvalue weighted by atomic mass is 31.2. The van der Waals surface area contributed by atoms with Crippen LogP contribution in [-0.4, -0.2) is 49.6 Å². The first-order valence-corrected chi connectivity index (χ1v) is 18.6. The summed E-state index contributed by atoms with van der Waals surface area (Å²) in [5.74, 6) is 0. The average molecular weight is 735 g/mol. The molecule has 0 radical (unpaired) electrons. The molecule has 0 aromatic heterocycles. The summed E-state index contributed by atoms with van der Waals surface area (Å²) in [6.45, 7) is 6.55. The van der Waals surface area contributed by atoms with Gasteiger partial charge in [0.15, 0.2) is 6.29 Å². The van der Waals surface area contributed by atoms with Gasteiger partial charge in [-0.15, -0.1) is 13.2 Å². The van der Waals surface area contributed by atoms with Gasteiger partial charge in [-0.1, -0.05) is 133 Å². The van der Waals surface area contributed by atoms with Crippen LogP contribution >= 0.6 is 7.60 Å². The first-order valence-electron chi connectivity index (χ1n) is 17.1. The average Bonchev–Trinajstić information content (AvgIpc) is 3.18. The first kappa shape index (κ1) is 39.4. The SMILES string of the molecule is C=CCOP(=O)(OCC=C)C(F)(F)C[C@H]1O[C@@H](OCc2ccccc2)[C@H](OCc2ccccc2)[C@@H](OCc2ccccc2)[C@@H]1OCc1ccccc1. The predicted octanol–water partition coefficient (Wildman–Crippen LogP) is 9.27. The van der Waals surface area contributed by atoms with Crippen molar-refractivity contribution in [2.75, 3.05) is 13.2 Å². The molecule has 1 aliphatic heterocycles. The van der Waals surface area contributed by atoms with E-state index in [0.29, 0.717) is 0 Å². The van der Waals surface area contributed by atoms with Crippen molar-refractivity contribution in [2.45, 2.75) is 69.2 Å². The van der Waals surface area contributed by atoms with Gasteiger partial charge in [-0.25, -0.2) is 0 Å². The number of alkyl halides is 2. The minimum absolute atomic E-state index is 0.0423. The third kappa shape index (κ3) is 11.1. The first-order chi connectivity index (χ1) is 25.3. The highest BCUT2D eigenvalue weighted by molar-refractivity contribution is 7.55. The minimum Gasteiger partial charge on any atom is -0.368 e. The fourth-order valence-electron chi connectivity index (χ4n) is 5.68. The monoisotopic (exact) mass is 734 g/mol. The molecule has 4 aromatic carbocycles. The molecule has 1 aliphatic rings. The van der Waals surface area contributed by atoms with Gasteiger partial charge in [-0.05, 0) is 22.3 Å². The smallest absolute Gasteiger partial charge is 0.368 e. The Morgan fingerprint density at radius 2 is 0.942 bits per heavy atom. The number of hydrogen-bond donors (Lipinski definition) is 0.